The van der Waals surface area contributed by atoms with Crippen LogP contribution in [0.4, 0.5) is 4.39 Å². The van der Waals surface area contributed by atoms with E-state index in [4.69, 9.17) is 16.7 Å². The van der Waals surface area contributed by atoms with Gasteiger partial charge in [0.25, 0.3) is 0 Å². The van der Waals surface area contributed by atoms with E-state index in [1.165, 1.54) is 6.07 Å². The highest BCUT2D eigenvalue weighted by molar-refractivity contribution is 7.99. The molecule has 1 aromatic heterocycles. The molecular formula is C14H14ClFN2O2S. The minimum atomic E-state index is -0.901. The molecule has 112 valence electrons. The maximum atomic E-state index is 13.6. The van der Waals surface area contributed by atoms with Crippen LogP contribution in [0.1, 0.15) is 25.8 Å². The van der Waals surface area contributed by atoms with Crippen LogP contribution < -0.4 is 0 Å². The van der Waals surface area contributed by atoms with Crippen molar-refractivity contribution in [2.45, 2.75) is 31.0 Å². The molecule has 1 aromatic carbocycles. The Balaban J connectivity index is 2.10. The van der Waals surface area contributed by atoms with E-state index in [1.807, 2.05) is 4.57 Å². The molecule has 2 aromatic rings. The van der Waals surface area contributed by atoms with Gasteiger partial charge in [-0.05, 0) is 31.7 Å². The third-order valence-corrected chi connectivity index (χ3v) is 4.96. The number of aromatic nitrogens is 2. The number of halogens is 2. The first kappa shape index (κ1) is 14.7. The Morgan fingerprint density at radius 3 is 2.95 bits per heavy atom. The lowest BCUT2D eigenvalue weighted by atomic mass is 10.2. The molecular weight excluding hydrogens is 315 g/mol. The number of carboxylic acid groups (broad SMARTS) is 1. The van der Waals surface area contributed by atoms with Crippen LogP contribution in [0.3, 0.4) is 0 Å². The first-order valence-electron chi connectivity index (χ1n) is 6.69. The van der Waals surface area contributed by atoms with E-state index in [-0.39, 0.29) is 16.8 Å². The molecule has 1 N–H and O–H groups in total. The van der Waals surface area contributed by atoms with Gasteiger partial charge < -0.3 is 9.67 Å². The molecule has 7 heteroatoms. The zero-order chi connectivity index (χ0) is 15.1. The van der Waals surface area contributed by atoms with Crippen LogP contribution in [0.2, 0.25) is 5.02 Å². The molecule has 1 unspecified atom stereocenters. The van der Waals surface area contributed by atoms with E-state index in [9.17, 15) is 9.18 Å². The highest BCUT2D eigenvalue weighted by atomic mass is 35.5. The smallest absolute Gasteiger partial charge is 0.313 e. The predicted octanol–water partition coefficient (Wildman–Crippen LogP) is 3.98. The predicted molar refractivity (Wildman–Crippen MR) is 80.5 cm³/mol. The minimum Gasteiger partial charge on any atom is -0.481 e. The maximum Gasteiger partial charge on any atom is 0.313 e. The summed E-state index contributed by atoms with van der Waals surface area (Å²) in [5.74, 6) is -0.920. The second-order valence-corrected chi connectivity index (χ2v) is 6.63. The van der Waals surface area contributed by atoms with Gasteiger partial charge >= 0.3 is 5.97 Å². The van der Waals surface area contributed by atoms with Gasteiger partial charge in [0.2, 0.25) is 0 Å². The van der Waals surface area contributed by atoms with Gasteiger partial charge in [-0.25, -0.2) is 9.37 Å². The lowest BCUT2D eigenvalue weighted by Crippen LogP contribution is -2.09. The van der Waals surface area contributed by atoms with Crippen LogP contribution in [0, 0.1) is 11.7 Å². The summed E-state index contributed by atoms with van der Waals surface area (Å²) in [6.07, 6.45) is 2.30. The Morgan fingerprint density at radius 2 is 2.33 bits per heavy atom. The number of fused-ring (bicyclic) bond motifs is 1. The molecule has 1 aliphatic rings. The van der Waals surface area contributed by atoms with E-state index in [2.05, 4.69) is 11.9 Å². The number of hydrogen-bond donors (Lipinski definition) is 1. The van der Waals surface area contributed by atoms with Crippen LogP contribution in [0.15, 0.2) is 17.3 Å². The molecule has 3 rings (SSSR count). The average Bonchev–Trinajstić information content (AvgIpc) is 3.20. The fourth-order valence-electron chi connectivity index (χ4n) is 2.48. The minimum absolute atomic E-state index is 0.0569. The highest BCUT2D eigenvalue weighted by Crippen LogP contribution is 2.43. The van der Waals surface area contributed by atoms with Gasteiger partial charge in [0.15, 0.2) is 5.16 Å². The van der Waals surface area contributed by atoms with E-state index in [0.717, 1.165) is 30.1 Å². The highest BCUT2D eigenvalue weighted by Gasteiger charge is 2.32. The van der Waals surface area contributed by atoms with Gasteiger partial charge in [0.1, 0.15) is 5.82 Å². The summed E-state index contributed by atoms with van der Waals surface area (Å²) in [5, 5.41) is 9.51. The van der Waals surface area contributed by atoms with Crippen molar-refractivity contribution in [2.75, 3.05) is 5.75 Å². The van der Waals surface area contributed by atoms with Crippen molar-refractivity contribution >= 4 is 40.4 Å². The molecule has 1 fully saturated rings. The standard InChI is InChI=1S/C14H14ClFN2O2S/c1-7(8-2-3-8)18-12-4-9(15)10(16)5-11(12)17-14(18)21-6-13(19)20/h4-5,7-8H,2-3,6H2,1H3,(H,19,20). The van der Waals surface area contributed by atoms with Crippen molar-refractivity contribution in [3.05, 3.63) is 23.0 Å². The second kappa shape index (κ2) is 5.50. The molecule has 0 bridgehead atoms. The van der Waals surface area contributed by atoms with E-state index >= 15 is 0 Å². The number of aliphatic carboxylic acids is 1. The van der Waals surface area contributed by atoms with E-state index < -0.39 is 11.8 Å². The van der Waals surface area contributed by atoms with Crippen LogP contribution in [-0.4, -0.2) is 26.4 Å². The number of hydrogen-bond acceptors (Lipinski definition) is 3. The van der Waals surface area contributed by atoms with Crippen LogP contribution in [-0.2, 0) is 4.79 Å². The summed E-state index contributed by atoms with van der Waals surface area (Å²) in [6.45, 7) is 2.08. The lowest BCUT2D eigenvalue weighted by Gasteiger charge is -2.16. The molecule has 0 radical (unpaired) electrons. The fourth-order valence-corrected chi connectivity index (χ4v) is 3.46. The molecule has 1 saturated carbocycles. The molecule has 1 atom stereocenters. The summed E-state index contributed by atoms with van der Waals surface area (Å²) in [7, 11) is 0. The van der Waals surface area contributed by atoms with Gasteiger partial charge in [-0.3, -0.25) is 4.79 Å². The molecule has 0 spiro atoms. The van der Waals surface area contributed by atoms with Crippen molar-refractivity contribution in [1.29, 1.82) is 0 Å². The van der Waals surface area contributed by atoms with Crippen molar-refractivity contribution < 1.29 is 14.3 Å². The number of rotatable bonds is 5. The summed E-state index contributed by atoms with van der Waals surface area (Å²) >= 11 is 7.03. The summed E-state index contributed by atoms with van der Waals surface area (Å²) in [4.78, 5) is 15.2. The third-order valence-electron chi connectivity index (χ3n) is 3.74. The first-order chi connectivity index (χ1) is 9.97. The number of imidazole rings is 1. The Kier molecular flexibility index (Phi) is 3.84. The first-order valence-corrected chi connectivity index (χ1v) is 8.05. The largest absolute Gasteiger partial charge is 0.481 e. The topological polar surface area (TPSA) is 55.1 Å². The maximum absolute atomic E-state index is 13.6. The number of benzene rings is 1. The summed E-state index contributed by atoms with van der Waals surface area (Å²) < 4.78 is 15.6. The third kappa shape index (κ3) is 2.87. The Labute approximate surface area is 130 Å². The zero-order valence-corrected chi connectivity index (χ0v) is 12.9. The van der Waals surface area contributed by atoms with Crippen molar-refractivity contribution in [3.8, 4) is 0 Å². The number of thioether (sulfide) groups is 1. The van der Waals surface area contributed by atoms with Crippen LogP contribution in [0.25, 0.3) is 11.0 Å². The van der Waals surface area contributed by atoms with Gasteiger partial charge in [-0.1, -0.05) is 23.4 Å². The van der Waals surface area contributed by atoms with Crippen LogP contribution in [0.5, 0.6) is 0 Å². The Morgan fingerprint density at radius 1 is 1.62 bits per heavy atom. The molecule has 1 heterocycles. The number of carbonyl (C=O) groups is 1. The normalized spacial score (nSPS) is 16.3. The molecule has 1 aliphatic carbocycles. The van der Waals surface area contributed by atoms with Gasteiger partial charge in [0.05, 0.1) is 21.8 Å². The van der Waals surface area contributed by atoms with Gasteiger partial charge in [0, 0.05) is 12.1 Å². The number of carboxylic acids is 1. The Bertz CT molecular complexity index is 715. The van der Waals surface area contributed by atoms with Gasteiger partial charge in [-0.15, -0.1) is 0 Å². The lowest BCUT2D eigenvalue weighted by molar-refractivity contribution is -0.133. The van der Waals surface area contributed by atoms with E-state index in [0.29, 0.717) is 16.6 Å². The monoisotopic (exact) mass is 328 g/mol. The second-order valence-electron chi connectivity index (χ2n) is 5.28. The van der Waals surface area contributed by atoms with Crippen molar-refractivity contribution in [2.24, 2.45) is 5.92 Å². The molecule has 21 heavy (non-hydrogen) atoms. The van der Waals surface area contributed by atoms with Gasteiger partial charge in [-0.2, -0.15) is 0 Å². The summed E-state index contributed by atoms with van der Waals surface area (Å²) in [5.41, 5.74) is 1.27. The SMILES string of the molecule is CC(C1CC1)n1c(SCC(=O)O)nc2cc(F)c(Cl)cc21. The van der Waals surface area contributed by atoms with E-state index in [1.54, 1.807) is 6.07 Å². The average molecular weight is 329 g/mol. The molecule has 0 amide bonds. The van der Waals surface area contributed by atoms with Crippen molar-refractivity contribution in [3.63, 3.8) is 0 Å². The van der Waals surface area contributed by atoms with Crippen molar-refractivity contribution in [1.82, 2.24) is 9.55 Å². The van der Waals surface area contributed by atoms with Crippen LogP contribution >= 0.6 is 23.4 Å². The molecule has 0 aliphatic heterocycles. The summed E-state index contributed by atoms with van der Waals surface area (Å²) in [6, 6.07) is 3.08. The Hall–Kier alpha value is -1.27. The number of nitrogens with zero attached hydrogens (tertiary/aromatic N) is 2. The molecule has 4 nitrogen and oxygen atoms in total. The molecule has 0 saturated heterocycles. The zero-order valence-electron chi connectivity index (χ0n) is 11.3. The fraction of sp³-hybridized carbons (Fsp3) is 0.429. The quantitative estimate of drug-likeness (QED) is 0.844.